The number of halogens is 3. The summed E-state index contributed by atoms with van der Waals surface area (Å²) in [5.74, 6) is 0. The Morgan fingerprint density at radius 2 is 1.70 bits per heavy atom. The monoisotopic (exact) mass is 514 g/mol. The first-order valence-electron chi connectivity index (χ1n) is 8.53. The summed E-state index contributed by atoms with van der Waals surface area (Å²) < 4.78 is 29.7. The molecule has 0 atom stereocenters. The van der Waals surface area contributed by atoms with Crippen molar-refractivity contribution >= 4 is 83.8 Å². The summed E-state index contributed by atoms with van der Waals surface area (Å²) in [5.41, 5.74) is 2.45. The third-order valence-corrected chi connectivity index (χ3v) is 8.43. The van der Waals surface area contributed by atoms with Crippen molar-refractivity contribution in [2.24, 2.45) is 0 Å². The molecular weight excluding hydrogens is 503 g/mol. The predicted molar refractivity (Wildman–Crippen MR) is 127 cm³/mol. The molecule has 0 saturated heterocycles. The molecule has 0 saturated carbocycles. The van der Waals surface area contributed by atoms with E-state index >= 15 is 0 Å². The second-order valence-electron chi connectivity index (χ2n) is 6.41. The van der Waals surface area contributed by atoms with Crippen molar-refractivity contribution in [3.05, 3.63) is 75.2 Å². The summed E-state index contributed by atoms with van der Waals surface area (Å²) >= 11 is 21.3. The van der Waals surface area contributed by atoms with Crippen LogP contribution < -0.4 is 4.72 Å². The second kappa shape index (κ2) is 8.57. The van der Waals surface area contributed by atoms with E-state index < -0.39 is 10.0 Å². The van der Waals surface area contributed by atoms with Crippen molar-refractivity contribution in [1.29, 1.82) is 0 Å². The van der Waals surface area contributed by atoms with E-state index in [1.165, 1.54) is 35.5 Å². The molecule has 4 rings (SSSR count). The fourth-order valence-electron chi connectivity index (χ4n) is 2.69. The van der Waals surface area contributed by atoms with Crippen molar-refractivity contribution in [1.82, 2.24) is 4.98 Å². The molecule has 30 heavy (non-hydrogen) atoms. The van der Waals surface area contributed by atoms with Crippen LogP contribution in [0, 0.1) is 6.92 Å². The van der Waals surface area contributed by atoms with Crippen molar-refractivity contribution in [3.8, 4) is 0 Å². The fraction of sp³-hybridized carbons (Fsp3) is 0.0500. The zero-order valence-corrected chi connectivity index (χ0v) is 20.0. The van der Waals surface area contributed by atoms with Gasteiger partial charge in [0.2, 0.25) is 0 Å². The van der Waals surface area contributed by atoms with E-state index in [4.69, 9.17) is 34.8 Å². The number of anilines is 1. The van der Waals surface area contributed by atoms with Crippen molar-refractivity contribution in [2.45, 2.75) is 21.1 Å². The van der Waals surface area contributed by atoms with Gasteiger partial charge in [-0.1, -0.05) is 52.6 Å². The van der Waals surface area contributed by atoms with Gasteiger partial charge in [-0.15, -0.1) is 11.3 Å². The Labute approximate surface area is 197 Å². The molecule has 0 aliphatic heterocycles. The molecule has 4 aromatic rings. The largest absolute Gasteiger partial charge is 0.280 e. The Morgan fingerprint density at radius 1 is 0.967 bits per heavy atom. The number of aromatic nitrogens is 1. The average molecular weight is 516 g/mol. The quantitative estimate of drug-likeness (QED) is 0.299. The minimum absolute atomic E-state index is 0.0284. The van der Waals surface area contributed by atoms with Gasteiger partial charge in [-0.2, -0.15) is 0 Å². The van der Waals surface area contributed by atoms with E-state index in [1.54, 1.807) is 29.5 Å². The van der Waals surface area contributed by atoms with Crippen LogP contribution in [-0.4, -0.2) is 13.4 Å². The molecule has 3 aromatic carbocycles. The number of sulfonamides is 1. The molecule has 154 valence electrons. The smallest absolute Gasteiger partial charge is 0.261 e. The highest BCUT2D eigenvalue weighted by Crippen LogP contribution is 2.39. The Morgan fingerprint density at radius 3 is 2.40 bits per heavy atom. The Kier molecular flexibility index (Phi) is 6.21. The molecular formula is C20H13Cl3N2O2S3. The molecule has 10 heteroatoms. The second-order valence-corrected chi connectivity index (χ2v) is 11.7. The summed E-state index contributed by atoms with van der Waals surface area (Å²) in [4.78, 5) is 5.37. The minimum Gasteiger partial charge on any atom is -0.280 e. The number of hydrogen-bond donors (Lipinski definition) is 1. The van der Waals surface area contributed by atoms with Gasteiger partial charge < -0.3 is 0 Å². The predicted octanol–water partition coefficient (Wildman–Crippen LogP) is 7.52. The SMILES string of the molecule is Cc1ccc2nc(Sc3ccc(NS(=O)(=O)c4cc(Cl)cc(Cl)c4)cc3Cl)sc2c1. The van der Waals surface area contributed by atoms with Crippen LogP contribution in [0.2, 0.25) is 15.1 Å². The highest BCUT2D eigenvalue weighted by Gasteiger charge is 2.17. The average Bonchev–Trinajstić information content (AvgIpc) is 3.04. The molecule has 0 spiro atoms. The number of benzene rings is 3. The normalized spacial score (nSPS) is 11.7. The maximum absolute atomic E-state index is 12.6. The van der Waals surface area contributed by atoms with Crippen molar-refractivity contribution in [2.75, 3.05) is 4.72 Å². The number of nitrogens with one attached hydrogen (secondary N) is 1. The highest BCUT2D eigenvalue weighted by molar-refractivity contribution is 8.01. The number of fused-ring (bicyclic) bond motifs is 1. The van der Waals surface area contributed by atoms with Crippen LogP contribution in [0.4, 0.5) is 5.69 Å². The van der Waals surface area contributed by atoms with Crippen LogP contribution in [0.5, 0.6) is 0 Å². The molecule has 1 aromatic heterocycles. The molecule has 0 unspecified atom stereocenters. The van der Waals surface area contributed by atoms with Gasteiger partial charge >= 0.3 is 0 Å². The van der Waals surface area contributed by atoms with Gasteiger partial charge in [0.15, 0.2) is 4.34 Å². The fourth-order valence-corrected chi connectivity index (χ4v) is 6.89. The zero-order valence-electron chi connectivity index (χ0n) is 15.3. The first-order valence-corrected chi connectivity index (χ1v) is 12.8. The molecule has 0 aliphatic carbocycles. The zero-order chi connectivity index (χ0) is 21.5. The van der Waals surface area contributed by atoms with Gasteiger partial charge in [0.1, 0.15) is 0 Å². The summed E-state index contributed by atoms with van der Waals surface area (Å²) in [6.07, 6.45) is 0. The summed E-state index contributed by atoms with van der Waals surface area (Å²) in [6.45, 7) is 2.04. The Bertz CT molecular complexity index is 1350. The molecule has 1 N–H and O–H groups in total. The Hall–Kier alpha value is -1.48. The lowest BCUT2D eigenvalue weighted by atomic mass is 10.2. The van der Waals surface area contributed by atoms with Gasteiger partial charge in [-0.05, 0) is 61.0 Å². The van der Waals surface area contributed by atoms with Crippen LogP contribution in [0.25, 0.3) is 10.2 Å². The first kappa shape index (κ1) is 21.7. The van der Waals surface area contributed by atoms with Crippen molar-refractivity contribution < 1.29 is 8.42 Å². The van der Waals surface area contributed by atoms with Crippen LogP contribution in [0.3, 0.4) is 0 Å². The van der Waals surface area contributed by atoms with E-state index in [-0.39, 0.29) is 14.9 Å². The molecule has 0 bridgehead atoms. The number of nitrogens with zero attached hydrogens (tertiary/aromatic N) is 1. The first-order chi connectivity index (χ1) is 14.2. The topological polar surface area (TPSA) is 59.1 Å². The number of aryl methyl sites for hydroxylation is 1. The van der Waals surface area contributed by atoms with Crippen LogP contribution in [0.15, 0.2) is 68.7 Å². The maximum atomic E-state index is 12.6. The molecule has 0 fully saturated rings. The van der Waals surface area contributed by atoms with Crippen molar-refractivity contribution in [3.63, 3.8) is 0 Å². The highest BCUT2D eigenvalue weighted by atomic mass is 35.5. The van der Waals surface area contributed by atoms with E-state index in [0.29, 0.717) is 10.7 Å². The van der Waals surface area contributed by atoms with Gasteiger partial charge in [-0.25, -0.2) is 13.4 Å². The van der Waals surface area contributed by atoms with E-state index in [1.807, 2.05) is 19.1 Å². The van der Waals surface area contributed by atoms with Gasteiger partial charge in [0.25, 0.3) is 10.0 Å². The summed E-state index contributed by atoms with van der Waals surface area (Å²) in [7, 11) is -3.86. The van der Waals surface area contributed by atoms with Crippen LogP contribution in [-0.2, 0) is 10.0 Å². The molecule has 1 heterocycles. The van der Waals surface area contributed by atoms with E-state index in [9.17, 15) is 8.42 Å². The standard InChI is InChI=1S/C20H13Cl3N2O2S3/c1-11-2-4-17-19(6-11)29-20(24-17)28-18-5-3-14(10-16(18)23)25-30(26,27)15-8-12(21)7-13(22)9-15/h2-10,25H,1H3. The maximum Gasteiger partial charge on any atom is 0.261 e. The lowest BCUT2D eigenvalue weighted by Crippen LogP contribution is -2.13. The van der Waals surface area contributed by atoms with Gasteiger partial charge in [-0.3, -0.25) is 4.72 Å². The molecule has 0 radical (unpaired) electrons. The van der Waals surface area contributed by atoms with Crippen LogP contribution in [0.1, 0.15) is 5.56 Å². The summed E-state index contributed by atoms with van der Waals surface area (Å²) in [5, 5.41) is 0.886. The van der Waals surface area contributed by atoms with E-state index in [2.05, 4.69) is 15.8 Å². The lowest BCUT2D eigenvalue weighted by molar-refractivity contribution is 0.601. The third-order valence-electron chi connectivity index (χ3n) is 4.05. The molecule has 4 nitrogen and oxygen atoms in total. The number of rotatable bonds is 5. The van der Waals surface area contributed by atoms with Gasteiger partial charge in [0, 0.05) is 14.9 Å². The Balaban J connectivity index is 1.56. The summed E-state index contributed by atoms with van der Waals surface area (Å²) in [6, 6.07) is 15.2. The third kappa shape index (κ3) is 4.88. The lowest BCUT2D eigenvalue weighted by Gasteiger charge is -2.10. The molecule has 0 aliphatic rings. The van der Waals surface area contributed by atoms with E-state index in [0.717, 1.165) is 19.5 Å². The number of thiazole rings is 1. The minimum atomic E-state index is -3.86. The van der Waals surface area contributed by atoms with Gasteiger partial charge in [0.05, 0.1) is 25.8 Å². The van der Waals surface area contributed by atoms with Crippen LogP contribution >= 0.6 is 57.9 Å². The molecule has 0 amide bonds. The number of hydrogen-bond acceptors (Lipinski definition) is 5.